The first-order chi connectivity index (χ1) is 13.1. The average molecular weight is 384 g/mol. The number of nitrogens with zero attached hydrogens (tertiary/aromatic N) is 4. The van der Waals surface area contributed by atoms with Crippen LogP contribution >= 0.6 is 11.8 Å². The molecule has 3 heterocycles. The molecule has 1 aromatic heterocycles. The van der Waals surface area contributed by atoms with E-state index in [4.69, 9.17) is 0 Å². The highest BCUT2D eigenvalue weighted by atomic mass is 32.2. The summed E-state index contributed by atoms with van der Waals surface area (Å²) in [4.78, 5) is 46.3. The third kappa shape index (κ3) is 3.14. The number of para-hydroxylation sites is 1. The summed E-state index contributed by atoms with van der Waals surface area (Å²) in [6, 6.07) is 6.30. The monoisotopic (exact) mass is 384 g/mol. The number of carbonyl (C=O) groups is 3. The van der Waals surface area contributed by atoms with Gasteiger partial charge in [-0.25, -0.2) is 9.88 Å². The SMILES string of the molecule is Cn1ccnc1SCC(=O)N1C(=O)[C@@H]2CCCCN2C(=O)c2ccccc21. The van der Waals surface area contributed by atoms with Crippen molar-refractivity contribution in [3.05, 3.63) is 42.2 Å². The average Bonchev–Trinajstić information content (AvgIpc) is 3.07. The molecule has 0 unspecified atom stereocenters. The first-order valence-electron chi connectivity index (χ1n) is 8.95. The summed E-state index contributed by atoms with van der Waals surface area (Å²) in [6.07, 6.45) is 5.81. The molecule has 1 atom stereocenters. The highest BCUT2D eigenvalue weighted by molar-refractivity contribution is 7.99. The van der Waals surface area contributed by atoms with Crippen molar-refractivity contribution in [2.75, 3.05) is 17.2 Å². The molecule has 3 amide bonds. The number of fused-ring (bicyclic) bond motifs is 2. The number of hydrogen-bond donors (Lipinski definition) is 0. The van der Waals surface area contributed by atoms with Gasteiger partial charge in [-0.2, -0.15) is 0 Å². The first-order valence-corrected chi connectivity index (χ1v) is 9.93. The quantitative estimate of drug-likeness (QED) is 0.758. The Morgan fingerprint density at radius 1 is 1.26 bits per heavy atom. The lowest BCUT2D eigenvalue weighted by Gasteiger charge is -2.34. The van der Waals surface area contributed by atoms with Crippen LogP contribution in [-0.4, -0.2) is 50.5 Å². The van der Waals surface area contributed by atoms with Gasteiger partial charge in [0.1, 0.15) is 6.04 Å². The Morgan fingerprint density at radius 2 is 2.07 bits per heavy atom. The third-order valence-electron chi connectivity index (χ3n) is 5.00. The van der Waals surface area contributed by atoms with Crippen LogP contribution in [0.15, 0.2) is 41.8 Å². The van der Waals surface area contributed by atoms with Crippen LogP contribution in [0.1, 0.15) is 29.6 Å². The fourth-order valence-electron chi connectivity index (χ4n) is 3.64. The summed E-state index contributed by atoms with van der Waals surface area (Å²) in [7, 11) is 1.85. The number of thioether (sulfide) groups is 1. The molecule has 1 fully saturated rings. The molecule has 140 valence electrons. The molecule has 0 N–H and O–H groups in total. The van der Waals surface area contributed by atoms with Crippen molar-refractivity contribution in [3.8, 4) is 0 Å². The summed E-state index contributed by atoms with van der Waals surface area (Å²) in [5.41, 5.74) is 0.790. The van der Waals surface area contributed by atoms with E-state index in [0.717, 1.165) is 12.8 Å². The van der Waals surface area contributed by atoms with Crippen LogP contribution in [0.2, 0.25) is 0 Å². The minimum Gasteiger partial charge on any atom is -0.329 e. The van der Waals surface area contributed by atoms with E-state index in [1.165, 1.54) is 16.7 Å². The van der Waals surface area contributed by atoms with E-state index in [0.29, 0.717) is 29.4 Å². The molecular weight excluding hydrogens is 364 g/mol. The van der Waals surface area contributed by atoms with Gasteiger partial charge in [-0.05, 0) is 31.4 Å². The standard InChI is InChI=1S/C19H20N4O3S/c1-21-11-9-20-19(21)27-12-16(24)23-14-7-3-2-6-13(14)17(25)22-10-5-4-8-15(22)18(23)26/h2-3,6-7,9,11,15H,4-5,8,10,12H2,1H3/t15-/m0/s1. The number of carbonyl (C=O) groups excluding carboxylic acids is 3. The van der Waals surface area contributed by atoms with Crippen molar-refractivity contribution in [1.29, 1.82) is 0 Å². The van der Waals surface area contributed by atoms with Crippen LogP contribution in [0.5, 0.6) is 0 Å². The topological polar surface area (TPSA) is 75.5 Å². The van der Waals surface area contributed by atoms with Crippen LogP contribution < -0.4 is 4.90 Å². The first kappa shape index (κ1) is 17.8. The Labute approximate surface area is 161 Å². The molecule has 0 radical (unpaired) electrons. The number of anilines is 1. The van der Waals surface area contributed by atoms with E-state index in [-0.39, 0.29) is 23.5 Å². The molecule has 7 nitrogen and oxygen atoms in total. The van der Waals surface area contributed by atoms with Crippen molar-refractivity contribution < 1.29 is 14.4 Å². The van der Waals surface area contributed by atoms with Gasteiger partial charge in [0.05, 0.1) is 17.0 Å². The number of imidazole rings is 1. The summed E-state index contributed by atoms with van der Waals surface area (Å²) in [5, 5.41) is 0.703. The maximum Gasteiger partial charge on any atom is 0.256 e. The minimum atomic E-state index is -0.569. The van der Waals surface area contributed by atoms with E-state index in [1.807, 2.05) is 11.6 Å². The zero-order chi connectivity index (χ0) is 19.0. The van der Waals surface area contributed by atoms with Crippen molar-refractivity contribution in [1.82, 2.24) is 14.5 Å². The molecule has 8 heteroatoms. The number of aryl methyl sites for hydroxylation is 1. The second kappa shape index (κ2) is 7.19. The molecule has 2 aliphatic rings. The van der Waals surface area contributed by atoms with Gasteiger partial charge in [-0.15, -0.1) is 0 Å². The van der Waals surface area contributed by atoms with E-state index < -0.39 is 6.04 Å². The fourth-order valence-corrected chi connectivity index (χ4v) is 4.42. The van der Waals surface area contributed by atoms with Crippen molar-refractivity contribution >= 4 is 35.2 Å². The van der Waals surface area contributed by atoms with Gasteiger partial charge < -0.3 is 9.47 Å². The molecule has 27 heavy (non-hydrogen) atoms. The van der Waals surface area contributed by atoms with Gasteiger partial charge in [0.25, 0.3) is 11.8 Å². The highest BCUT2D eigenvalue weighted by Crippen LogP contribution is 2.32. The Morgan fingerprint density at radius 3 is 2.85 bits per heavy atom. The van der Waals surface area contributed by atoms with Gasteiger partial charge in [-0.3, -0.25) is 14.4 Å². The molecule has 1 aromatic carbocycles. The van der Waals surface area contributed by atoms with Crippen molar-refractivity contribution in [3.63, 3.8) is 0 Å². The molecule has 0 spiro atoms. The van der Waals surface area contributed by atoms with Crippen LogP contribution in [0.3, 0.4) is 0 Å². The summed E-state index contributed by atoms with van der Waals surface area (Å²) >= 11 is 1.28. The van der Waals surface area contributed by atoms with E-state index in [2.05, 4.69) is 4.98 Å². The van der Waals surface area contributed by atoms with Crippen molar-refractivity contribution in [2.24, 2.45) is 7.05 Å². The lowest BCUT2D eigenvalue weighted by Crippen LogP contribution is -2.52. The van der Waals surface area contributed by atoms with E-state index >= 15 is 0 Å². The molecule has 1 saturated heterocycles. The largest absolute Gasteiger partial charge is 0.329 e. The molecule has 0 saturated carbocycles. The maximum atomic E-state index is 13.2. The lowest BCUT2D eigenvalue weighted by molar-refractivity contribution is -0.128. The van der Waals surface area contributed by atoms with Gasteiger partial charge in [-0.1, -0.05) is 23.9 Å². The summed E-state index contributed by atoms with van der Waals surface area (Å²) in [6.45, 7) is 0.549. The summed E-state index contributed by atoms with van der Waals surface area (Å²) in [5.74, 6) is -0.735. The van der Waals surface area contributed by atoms with Crippen molar-refractivity contribution in [2.45, 2.75) is 30.5 Å². The molecule has 2 aliphatic heterocycles. The smallest absolute Gasteiger partial charge is 0.256 e. The van der Waals surface area contributed by atoms with Gasteiger partial charge in [0.2, 0.25) is 5.91 Å². The number of piperidine rings is 1. The second-order valence-electron chi connectivity index (χ2n) is 6.70. The predicted octanol–water partition coefficient (Wildman–Crippen LogP) is 2.08. The maximum absolute atomic E-state index is 13.2. The Balaban J connectivity index is 1.68. The number of benzene rings is 1. The third-order valence-corrected chi connectivity index (χ3v) is 6.04. The second-order valence-corrected chi connectivity index (χ2v) is 7.65. The molecule has 2 aromatic rings. The number of hydrogen-bond acceptors (Lipinski definition) is 5. The van der Waals surface area contributed by atoms with Crippen LogP contribution in [0, 0.1) is 0 Å². The van der Waals surface area contributed by atoms with Crippen LogP contribution in [-0.2, 0) is 16.6 Å². The number of aromatic nitrogens is 2. The Bertz CT molecular complexity index is 910. The normalized spacial score (nSPS) is 19.5. The number of rotatable bonds is 3. The molecule has 0 bridgehead atoms. The molecular formula is C19H20N4O3S. The molecule has 4 rings (SSSR count). The summed E-state index contributed by atoms with van der Waals surface area (Å²) < 4.78 is 1.82. The minimum absolute atomic E-state index is 0.0752. The zero-order valence-corrected chi connectivity index (χ0v) is 15.8. The van der Waals surface area contributed by atoms with E-state index in [1.54, 1.807) is 41.6 Å². The predicted molar refractivity (Wildman–Crippen MR) is 102 cm³/mol. The Hall–Kier alpha value is -2.61. The fraction of sp³-hybridized carbons (Fsp3) is 0.368. The van der Waals surface area contributed by atoms with E-state index in [9.17, 15) is 14.4 Å². The number of imide groups is 1. The van der Waals surface area contributed by atoms with Gasteiger partial charge in [0.15, 0.2) is 5.16 Å². The Kier molecular flexibility index (Phi) is 4.73. The van der Waals surface area contributed by atoms with Crippen LogP contribution in [0.4, 0.5) is 5.69 Å². The van der Waals surface area contributed by atoms with Crippen LogP contribution in [0.25, 0.3) is 0 Å². The van der Waals surface area contributed by atoms with Gasteiger partial charge in [0, 0.05) is 26.0 Å². The highest BCUT2D eigenvalue weighted by Gasteiger charge is 2.42. The van der Waals surface area contributed by atoms with Gasteiger partial charge >= 0.3 is 0 Å². The molecule has 0 aliphatic carbocycles. The zero-order valence-electron chi connectivity index (χ0n) is 15.0. The lowest BCUT2D eigenvalue weighted by atomic mass is 10.0. The number of amides is 3.